The van der Waals surface area contributed by atoms with E-state index in [0.717, 1.165) is 34.3 Å². The highest BCUT2D eigenvalue weighted by Gasteiger charge is 2.08. The summed E-state index contributed by atoms with van der Waals surface area (Å²) in [5.74, 6) is 0.919. The van der Waals surface area contributed by atoms with Crippen molar-refractivity contribution in [3.05, 3.63) is 53.9 Å². The molecule has 0 aliphatic carbocycles. The molecule has 0 atom stereocenters. The van der Waals surface area contributed by atoms with Gasteiger partial charge in [-0.1, -0.05) is 12.6 Å². The molecule has 0 unspecified atom stereocenters. The van der Waals surface area contributed by atoms with E-state index < -0.39 is 0 Å². The second-order valence-electron chi connectivity index (χ2n) is 4.96. The summed E-state index contributed by atoms with van der Waals surface area (Å²) in [4.78, 5) is 0. The highest BCUT2D eigenvalue weighted by Crippen LogP contribution is 2.37. The van der Waals surface area contributed by atoms with Gasteiger partial charge in [0.05, 0.1) is 24.9 Å². The largest absolute Gasteiger partial charge is 0.591 e. The van der Waals surface area contributed by atoms with Crippen molar-refractivity contribution >= 4 is 22.7 Å². The summed E-state index contributed by atoms with van der Waals surface area (Å²) >= 11 is 0. The van der Waals surface area contributed by atoms with Crippen LogP contribution >= 0.6 is 0 Å². The molecule has 4 rings (SSSR count). The van der Waals surface area contributed by atoms with E-state index in [1.807, 2.05) is 40.3 Å². The molecule has 21 heavy (non-hydrogen) atoms. The van der Waals surface area contributed by atoms with Crippen LogP contribution < -0.4 is 0 Å². The maximum atomic E-state index is 5.52. The van der Waals surface area contributed by atoms with Crippen molar-refractivity contribution < 1.29 is 4.42 Å². The molecule has 1 aliphatic heterocycles. The van der Waals surface area contributed by atoms with Crippen LogP contribution in [0.5, 0.6) is 0 Å². The lowest BCUT2D eigenvalue weighted by molar-refractivity contribution is 0.386. The fourth-order valence-corrected chi connectivity index (χ4v) is 2.48. The number of hydrogen-bond acceptors (Lipinski definition) is 4. The zero-order valence-electron chi connectivity index (χ0n) is 11.6. The topological polar surface area (TPSA) is 61.2 Å². The molecule has 4 heterocycles. The first kappa shape index (κ1) is 12.0. The van der Waals surface area contributed by atoms with Gasteiger partial charge in [0, 0.05) is 29.8 Å². The third kappa shape index (κ3) is 2.05. The Morgan fingerprint density at radius 1 is 1.33 bits per heavy atom. The van der Waals surface area contributed by atoms with E-state index in [2.05, 4.69) is 22.5 Å². The molecule has 0 saturated carbocycles. The van der Waals surface area contributed by atoms with Crippen molar-refractivity contribution in [2.75, 3.05) is 0 Å². The van der Waals surface area contributed by atoms with Crippen molar-refractivity contribution in [1.82, 2.24) is 19.8 Å². The average molecular weight is 280 g/mol. The third-order valence-corrected chi connectivity index (χ3v) is 3.52. The Hall–Kier alpha value is -2.76. The molecule has 6 heteroatoms. The Morgan fingerprint density at radius 2 is 2.29 bits per heavy atom. The summed E-state index contributed by atoms with van der Waals surface area (Å²) in [6.45, 7) is 2.69. The van der Waals surface area contributed by atoms with E-state index in [1.54, 1.807) is 12.5 Å². The first-order valence-corrected chi connectivity index (χ1v) is 6.87. The average Bonchev–Trinajstić information content (AvgIpc) is 3.09. The molecule has 1 aliphatic rings. The SMILES string of the molecule is CCc1occ2c1[N-]N(Cn1cc3ccnnc3c1)C=C2. The van der Waals surface area contributed by atoms with Crippen LogP contribution in [0.4, 0.5) is 5.69 Å². The molecule has 3 aromatic heterocycles. The van der Waals surface area contributed by atoms with Crippen molar-refractivity contribution in [3.63, 3.8) is 0 Å². The van der Waals surface area contributed by atoms with Crippen LogP contribution in [0.2, 0.25) is 0 Å². The van der Waals surface area contributed by atoms with Gasteiger partial charge in [-0.25, -0.2) is 0 Å². The summed E-state index contributed by atoms with van der Waals surface area (Å²) < 4.78 is 7.56. The molecular formula is C15H14N5O-. The zero-order chi connectivity index (χ0) is 14.2. The Kier molecular flexibility index (Phi) is 2.67. The standard InChI is InChI=1S/C15H14N5O/c1-2-14-15-12(9-21-14)4-6-20(18-15)10-19-7-11-3-5-16-17-13(11)8-19/h3-9H,2,10H2,1H3/q-1. The minimum atomic E-state index is 0.626. The van der Waals surface area contributed by atoms with Gasteiger partial charge in [-0.15, -0.1) is 5.10 Å². The first-order valence-electron chi connectivity index (χ1n) is 6.87. The fraction of sp³-hybridized carbons (Fsp3) is 0.200. The summed E-state index contributed by atoms with van der Waals surface area (Å²) in [5.41, 5.74) is 7.48. The van der Waals surface area contributed by atoms with Gasteiger partial charge in [-0.05, 0) is 18.3 Å². The number of furan rings is 1. The number of rotatable bonds is 3. The molecule has 0 amide bonds. The van der Waals surface area contributed by atoms with Gasteiger partial charge in [0.15, 0.2) is 0 Å². The number of nitrogens with zero attached hydrogens (tertiary/aromatic N) is 5. The summed E-state index contributed by atoms with van der Waals surface area (Å²) in [5, 5.41) is 11.0. The highest BCUT2D eigenvalue weighted by molar-refractivity contribution is 5.77. The Labute approximate surface area is 121 Å². The quantitative estimate of drug-likeness (QED) is 0.737. The number of hydrogen-bond donors (Lipinski definition) is 0. The Balaban J connectivity index is 1.58. The van der Waals surface area contributed by atoms with Gasteiger partial charge >= 0.3 is 0 Å². The lowest BCUT2D eigenvalue weighted by Crippen LogP contribution is -2.16. The van der Waals surface area contributed by atoms with Crippen LogP contribution in [0.3, 0.4) is 0 Å². The summed E-state index contributed by atoms with van der Waals surface area (Å²) in [7, 11) is 0. The molecule has 6 nitrogen and oxygen atoms in total. The van der Waals surface area contributed by atoms with Gasteiger partial charge < -0.3 is 19.4 Å². The molecule has 0 spiro atoms. The molecule has 0 radical (unpaired) electrons. The van der Waals surface area contributed by atoms with Crippen LogP contribution in [-0.4, -0.2) is 19.8 Å². The van der Waals surface area contributed by atoms with E-state index in [-0.39, 0.29) is 0 Å². The summed E-state index contributed by atoms with van der Waals surface area (Å²) in [6, 6.07) is 1.95. The molecular weight excluding hydrogens is 266 g/mol. The van der Waals surface area contributed by atoms with Crippen molar-refractivity contribution in [1.29, 1.82) is 0 Å². The second kappa shape index (κ2) is 4.66. The van der Waals surface area contributed by atoms with Crippen molar-refractivity contribution in [3.8, 4) is 0 Å². The molecule has 106 valence electrons. The Bertz CT molecular complexity index is 783. The molecule has 0 saturated heterocycles. The second-order valence-corrected chi connectivity index (χ2v) is 4.96. The normalized spacial score (nSPS) is 13.5. The van der Waals surface area contributed by atoms with E-state index in [1.165, 1.54) is 0 Å². The van der Waals surface area contributed by atoms with Gasteiger partial charge in [-0.2, -0.15) is 5.10 Å². The van der Waals surface area contributed by atoms with Crippen LogP contribution in [-0.2, 0) is 13.1 Å². The van der Waals surface area contributed by atoms with E-state index >= 15 is 0 Å². The number of fused-ring (bicyclic) bond motifs is 2. The lowest BCUT2D eigenvalue weighted by Gasteiger charge is -2.40. The molecule has 0 N–H and O–H groups in total. The minimum absolute atomic E-state index is 0.626. The van der Waals surface area contributed by atoms with Gasteiger partial charge in [0.25, 0.3) is 0 Å². The Morgan fingerprint density at radius 3 is 3.14 bits per heavy atom. The molecule has 3 aromatic rings. The lowest BCUT2D eigenvalue weighted by atomic mass is 10.2. The van der Waals surface area contributed by atoms with E-state index in [0.29, 0.717) is 6.67 Å². The van der Waals surface area contributed by atoms with Crippen LogP contribution in [0.1, 0.15) is 18.2 Å². The predicted molar refractivity (Wildman–Crippen MR) is 79.5 cm³/mol. The first-order chi connectivity index (χ1) is 10.3. The smallest absolute Gasteiger partial charge is 0.111 e. The third-order valence-electron chi connectivity index (χ3n) is 3.52. The van der Waals surface area contributed by atoms with Gasteiger partial charge in [-0.3, -0.25) is 0 Å². The zero-order valence-corrected chi connectivity index (χ0v) is 11.6. The monoisotopic (exact) mass is 280 g/mol. The van der Waals surface area contributed by atoms with Crippen molar-refractivity contribution in [2.45, 2.75) is 20.0 Å². The molecule has 0 bridgehead atoms. The molecule has 0 fully saturated rings. The number of aromatic nitrogens is 3. The fourth-order valence-electron chi connectivity index (χ4n) is 2.48. The van der Waals surface area contributed by atoms with Gasteiger partial charge in [0.1, 0.15) is 5.52 Å². The van der Waals surface area contributed by atoms with Crippen LogP contribution in [0.25, 0.3) is 22.4 Å². The summed E-state index contributed by atoms with van der Waals surface area (Å²) in [6.07, 6.45) is 12.3. The van der Waals surface area contributed by atoms with E-state index in [9.17, 15) is 0 Å². The van der Waals surface area contributed by atoms with Gasteiger partial charge in [0.2, 0.25) is 0 Å². The van der Waals surface area contributed by atoms with Crippen LogP contribution in [0, 0.1) is 0 Å². The van der Waals surface area contributed by atoms with Crippen LogP contribution in [0.15, 0.2) is 41.5 Å². The maximum absolute atomic E-state index is 5.52. The maximum Gasteiger partial charge on any atom is 0.111 e. The minimum Gasteiger partial charge on any atom is -0.591 e. The van der Waals surface area contributed by atoms with Crippen molar-refractivity contribution in [2.24, 2.45) is 0 Å². The number of aryl methyl sites for hydroxylation is 1. The highest BCUT2D eigenvalue weighted by atomic mass is 16.3. The molecule has 0 aromatic carbocycles. The van der Waals surface area contributed by atoms with E-state index in [4.69, 9.17) is 4.42 Å². The predicted octanol–water partition coefficient (Wildman–Crippen LogP) is 3.45.